The van der Waals surface area contributed by atoms with Crippen molar-refractivity contribution in [1.82, 2.24) is 4.98 Å². The third kappa shape index (κ3) is 2.37. The first-order valence-corrected chi connectivity index (χ1v) is 4.66. The van der Waals surface area contributed by atoms with Gasteiger partial charge in [-0.3, -0.25) is 4.98 Å². The average molecular weight is 313 g/mol. The van der Waals surface area contributed by atoms with Gasteiger partial charge in [0.05, 0.1) is 12.7 Å². The minimum Gasteiger partial charge on any atom is -0.465 e. The maximum Gasteiger partial charge on any atom is 0.339 e. The van der Waals surface area contributed by atoms with E-state index in [0.717, 1.165) is 6.20 Å². The van der Waals surface area contributed by atoms with E-state index in [1.54, 1.807) is 22.6 Å². The van der Waals surface area contributed by atoms with E-state index in [1.165, 1.54) is 13.2 Å². The number of rotatable bonds is 2. The molecule has 0 amide bonds. The van der Waals surface area contributed by atoms with E-state index in [4.69, 9.17) is 0 Å². The van der Waals surface area contributed by atoms with E-state index in [2.05, 4.69) is 9.72 Å². The number of halogens is 3. The van der Waals surface area contributed by atoms with Crippen LogP contribution in [0.3, 0.4) is 0 Å². The molecular formula is C8H6F2INO2. The van der Waals surface area contributed by atoms with Crippen molar-refractivity contribution >= 4 is 28.6 Å². The zero-order valence-corrected chi connectivity index (χ0v) is 9.29. The molecule has 14 heavy (non-hydrogen) atoms. The molecule has 0 aliphatic rings. The summed E-state index contributed by atoms with van der Waals surface area (Å²) < 4.78 is 29.2. The average Bonchev–Trinajstić information content (AvgIpc) is 2.15. The van der Waals surface area contributed by atoms with Crippen molar-refractivity contribution in [1.29, 1.82) is 0 Å². The maximum atomic E-state index is 12.3. The van der Waals surface area contributed by atoms with E-state index in [9.17, 15) is 13.6 Å². The molecule has 0 radical (unpaired) electrons. The smallest absolute Gasteiger partial charge is 0.339 e. The molecule has 0 aliphatic carbocycles. The van der Waals surface area contributed by atoms with Gasteiger partial charge in [-0.2, -0.15) is 0 Å². The Morgan fingerprint density at radius 2 is 2.29 bits per heavy atom. The molecule has 1 aromatic rings. The highest BCUT2D eigenvalue weighted by atomic mass is 127. The van der Waals surface area contributed by atoms with Crippen LogP contribution in [0.1, 0.15) is 22.5 Å². The number of carbonyl (C=O) groups is 1. The van der Waals surface area contributed by atoms with E-state index >= 15 is 0 Å². The fourth-order valence-electron chi connectivity index (χ4n) is 0.839. The Hall–Kier alpha value is -0.790. The van der Waals surface area contributed by atoms with Crippen LogP contribution >= 0.6 is 22.6 Å². The first-order valence-electron chi connectivity index (χ1n) is 3.58. The monoisotopic (exact) mass is 313 g/mol. The Bertz CT molecular complexity index is 357. The predicted octanol–water partition coefficient (Wildman–Crippen LogP) is 2.41. The van der Waals surface area contributed by atoms with Crippen molar-refractivity contribution in [3.63, 3.8) is 0 Å². The Labute approximate surface area is 92.6 Å². The highest BCUT2D eigenvalue weighted by molar-refractivity contribution is 14.1. The van der Waals surface area contributed by atoms with Gasteiger partial charge in [0.1, 0.15) is 5.69 Å². The summed E-state index contributed by atoms with van der Waals surface area (Å²) in [6.07, 6.45) is -1.55. The number of carbonyl (C=O) groups excluding carboxylic acids is 1. The quantitative estimate of drug-likeness (QED) is 0.622. The van der Waals surface area contributed by atoms with Crippen molar-refractivity contribution in [2.45, 2.75) is 6.43 Å². The Balaban J connectivity index is 3.06. The first-order chi connectivity index (χ1) is 6.56. The van der Waals surface area contributed by atoms with Gasteiger partial charge >= 0.3 is 5.97 Å². The van der Waals surface area contributed by atoms with Gasteiger partial charge in [-0.25, -0.2) is 13.6 Å². The van der Waals surface area contributed by atoms with Crippen LogP contribution in [-0.4, -0.2) is 18.1 Å². The lowest BCUT2D eigenvalue weighted by Gasteiger charge is -2.03. The van der Waals surface area contributed by atoms with Gasteiger partial charge in [0.15, 0.2) is 0 Å². The summed E-state index contributed by atoms with van der Waals surface area (Å²) in [6, 6.07) is 1.32. The summed E-state index contributed by atoms with van der Waals surface area (Å²) in [5.41, 5.74) is -0.153. The molecule has 0 bridgehead atoms. The number of hydrogen-bond donors (Lipinski definition) is 0. The van der Waals surface area contributed by atoms with Gasteiger partial charge in [-0.15, -0.1) is 0 Å². The third-order valence-corrected chi connectivity index (χ3v) is 2.36. The van der Waals surface area contributed by atoms with Gasteiger partial charge in [-0.05, 0) is 28.7 Å². The van der Waals surface area contributed by atoms with Crippen molar-refractivity contribution in [3.05, 3.63) is 27.1 Å². The van der Waals surface area contributed by atoms with Gasteiger partial charge in [0.25, 0.3) is 6.43 Å². The van der Waals surface area contributed by atoms with Crippen LogP contribution in [0.15, 0.2) is 12.3 Å². The lowest BCUT2D eigenvalue weighted by atomic mass is 10.2. The molecule has 0 aliphatic heterocycles. The Morgan fingerprint density at radius 1 is 1.64 bits per heavy atom. The fourth-order valence-corrected chi connectivity index (χ4v) is 1.55. The summed E-state index contributed by atoms with van der Waals surface area (Å²) >= 11 is 1.70. The van der Waals surface area contributed by atoms with Crippen LogP contribution < -0.4 is 0 Å². The zero-order valence-electron chi connectivity index (χ0n) is 7.13. The molecule has 1 heterocycles. The van der Waals surface area contributed by atoms with Gasteiger partial charge < -0.3 is 4.74 Å². The molecule has 1 aromatic heterocycles. The van der Waals surface area contributed by atoms with E-state index in [-0.39, 0.29) is 14.8 Å². The van der Waals surface area contributed by atoms with E-state index in [1.807, 2.05) is 0 Å². The molecule has 0 atom stereocenters. The topological polar surface area (TPSA) is 39.2 Å². The number of nitrogens with zero attached hydrogens (tertiary/aromatic N) is 1. The molecule has 0 saturated carbocycles. The normalized spacial score (nSPS) is 10.4. The molecular weight excluding hydrogens is 307 g/mol. The minimum atomic E-state index is -2.63. The molecule has 1 rings (SSSR count). The highest BCUT2D eigenvalue weighted by Crippen LogP contribution is 2.22. The molecule has 6 heteroatoms. The van der Waals surface area contributed by atoms with Gasteiger partial charge in [-0.1, -0.05) is 0 Å². The molecule has 0 saturated heterocycles. The van der Waals surface area contributed by atoms with E-state index in [0.29, 0.717) is 0 Å². The van der Waals surface area contributed by atoms with Crippen molar-refractivity contribution in [2.24, 2.45) is 0 Å². The van der Waals surface area contributed by atoms with Crippen molar-refractivity contribution < 1.29 is 18.3 Å². The van der Waals surface area contributed by atoms with Crippen molar-refractivity contribution in [2.75, 3.05) is 7.11 Å². The van der Waals surface area contributed by atoms with Gasteiger partial charge in [0, 0.05) is 9.77 Å². The first kappa shape index (κ1) is 11.3. The fraction of sp³-hybridized carbons (Fsp3) is 0.250. The summed E-state index contributed by atoms with van der Waals surface area (Å²) in [4.78, 5) is 14.5. The number of methoxy groups -OCH3 is 1. The second-order valence-corrected chi connectivity index (χ2v) is 3.55. The molecule has 76 valence electrons. The standard InChI is InChI=1S/C8H6F2INO2/c1-14-8(13)4-2-5(11)6(7(9)10)12-3-4/h2-3,7H,1H3. The minimum absolute atomic E-state index is 0.168. The molecule has 0 fully saturated rings. The summed E-state index contributed by atoms with van der Waals surface area (Å²) in [5, 5.41) is 0. The van der Waals surface area contributed by atoms with Crippen molar-refractivity contribution in [3.8, 4) is 0 Å². The number of esters is 1. The lowest BCUT2D eigenvalue weighted by molar-refractivity contribution is 0.0599. The number of hydrogen-bond acceptors (Lipinski definition) is 3. The Kier molecular flexibility index (Phi) is 3.73. The molecule has 0 aromatic carbocycles. The number of ether oxygens (including phenoxy) is 1. The molecule has 0 unspecified atom stereocenters. The second kappa shape index (κ2) is 4.63. The van der Waals surface area contributed by atoms with Crippen LogP contribution in [-0.2, 0) is 4.74 Å². The SMILES string of the molecule is COC(=O)c1cnc(C(F)F)c(I)c1. The van der Waals surface area contributed by atoms with Crippen LogP contribution in [0, 0.1) is 3.57 Å². The van der Waals surface area contributed by atoms with Crippen LogP contribution in [0.5, 0.6) is 0 Å². The second-order valence-electron chi connectivity index (χ2n) is 2.38. The van der Waals surface area contributed by atoms with Crippen LogP contribution in [0.25, 0.3) is 0 Å². The third-order valence-electron chi connectivity index (χ3n) is 1.50. The van der Waals surface area contributed by atoms with Crippen LogP contribution in [0.4, 0.5) is 8.78 Å². The summed E-state index contributed by atoms with van der Waals surface area (Å²) in [6.45, 7) is 0. The lowest BCUT2D eigenvalue weighted by Crippen LogP contribution is -2.04. The number of alkyl halides is 2. The maximum absolute atomic E-state index is 12.3. The van der Waals surface area contributed by atoms with Crippen LogP contribution in [0.2, 0.25) is 0 Å². The summed E-state index contributed by atoms with van der Waals surface area (Å²) in [7, 11) is 1.22. The molecule has 0 spiro atoms. The van der Waals surface area contributed by atoms with E-state index < -0.39 is 12.4 Å². The summed E-state index contributed by atoms with van der Waals surface area (Å²) in [5.74, 6) is -0.587. The largest absolute Gasteiger partial charge is 0.465 e. The number of aromatic nitrogens is 1. The zero-order chi connectivity index (χ0) is 10.7. The highest BCUT2D eigenvalue weighted by Gasteiger charge is 2.15. The molecule has 3 nitrogen and oxygen atoms in total. The molecule has 0 N–H and O–H groups in total. The predicted molar refractivity (Wildman–Crippen MR) is 53.3 cm³/mol. The number of pyridine rings is 1. The van der Waals surface area contributed by atoms with Gasteiger partial charge in [0.2, 0.25) is 0 Å². The Morgan fingerprint density at radius 3 is 2.71 bits per heavy atom.